The Labute approximate surface area is 168 Å². The largest absolute Gasteiger partial charge is 0.495 e. The third kappa shape index (κ3) is 3.76. The highest BCUT2D eigenvalue weighted by atomic mass is 16.5. The fourth-order valence-corrected chi connectivity index (χ4v) is 3.62. The number of amides is 3. The molecular weight excluding hydrogens is 370 g/mol. The number of para-hydroxylation sites is 3. The van der Waals surface area contributed by atoms with Crippen molar-refractivity contribution in [3.8, 4) is 5.75 Å². The summed E-state index contributed by atoms with van der Waals surface area (Å²) < 4.78 is 11.0. The van der Waals surface area contributed by atoms with Crippen LogP contribution in [0.5, 0.6) is 5.75 Å². The lowest BCUT2D eigenvalue weighted by atomic mass is 10.2. The van der Waals surface area contributed by atoms with Crippen molar-refractivity contribution in [2.24, 2.45) is 0 Å². The molecule has 1 N–H and O–H groups in total. The fraction of sp³-hybridized carbons (Fsp3) is 0.273. The van der Waals surface area contributed by atoms with Gasteiger partial charge in [0.1, 0.15) is 11.3 Å². The summed E-state index contributed by atoms with van der Waals surface area (Å²) in [5, 5.41) is 3.80. The van der Waals surface area contributed by atoms with E-state index >= 15 is 0 Å². The van der Waals surface area contributed by atoms with Crippen molar-refractivity contribution in [1.82, 2.24) is 9.80 Å². The molecule has 1 aromatic heterocycles. The number of furan rings is 1. The number of nitrogens with one attached hydrogen (secondary N) is 1. The average Bonchev–Trinajstić information content (AvgIpc) is 3.17. The minimum absolute atomic E-state index is 0.133. The van der Waals surface area contributed by atoms with E-state index in [1.807, 2.05) is 43.3 Å². The third-order valence-corrected chi connectivity index (χ3v) is 5.16. The van der Waals surface area contributed by atoms with Crippen molar-refractivity contribution in [2.45, 2.75) is 13.0 Å². The van der Waals surface area contributed by atoms with Crippen LogP contribution < -0.4 is 10.1 Å². The minimum atomic E-state index is -0.210. The van der Waals surface area contributed by atoms with Crippen LogP contribution in [0.2, 0.25) is 0 Å². The lowest BCUT2D eigenvalue weighted by Crippen LogP contribution is -2.56. The summed E-state index contributed by atoms with van der Waals surface area (Å²) in [6.07, 6.45) is 0. The number of anilines is 1. The van der Waals surface area contributed by atoms with Crippen LogP contribution in [0.4, 0.5) is 10.5 Å². The molecule has 1 atom stereocenters. The summed E-state index contributed by atoms with van der Waals surface area (Å²) >= 11 is 0. The number of ether oxygens (including phenoxy) is 1. The number of piperazine rings is 1. The molecule has 1 saturated heterocycles. The second-order valence-electron chi connectivity index (χ2n) is 7.07. The third-order valence-electron chi connectivity index (χ3n) is 5.16. The second-order valence-corrected chi connectivity index (χ2v) is 7.07. The Morgan fingerprint density at radius 2 is 1.86 bits per heavy atom. The molecule has 0 spiro atoms. The van der Waals surface area contributed by atoms with Crippen LogP contribution in [0.15, 0.2) is 59.0 Å². The molecule has 3 aromatic rings. The minimum Gasteiger partial charge on any atom is -0.495 e. The maximum absolute atomic E-state index is 12.9. The standard InChI is InChI=1S/C22H23N3O4/c1-15-14-24(21(26)20-13-16-7-3-5-9-18(16)29-20)11-12-25(15)22(27)23-17-8-4-6-10-19(17)28-2/h3-10,13,15H,11-12,14H2,1-2H3,(H,23,27). The van der Waals surface area contributed by atoms with Gasteiger partial charge in [-0.3, -0.25) is 4.79 Å². The number of rotatable bonds is 3. The zero-order valence-corrected chi connectivity index (χ0v) is 16.4. The van der Waals surface area contributed by atoms with Crippen molar-refractivity contribution in [3.05, 3.63) is 60.4 Å². The number of fused-ring (bicyclic) bond motifs is 1. The van der Waals surface area contributed by atoms with Gasteiger partial charge in [-0.15, -0.1) is 0 Å². The van der Waals surface area contributed by atoms with Gasteiger partial charge in [0.05, 0.1) is 12.8 Å². The Bertz CT molecular complexity index is 1010. The van der Waals surface area contributed by atoms with E-state index in [1.165, 1.54) is 0 Å². The van der Waals surface area contributed by atoms with Crippen molar-refractivity contribution < 1.29 is 18.7 Å². The summed E-state index contributed by atoms with van der Waals surface area (Å²) in [4.78, 5) is 29.1. The van der Waals surface area contributed by atoms with Crippen molar-refractivity contribution in [3.63, 3.8) is 0 Å². The van der Waals surface area contributed by atoms with Crippen LogP contribution in [0.25, 0.3) is 11.0 Å². The van der Waals surface area contributed by atoms with Crippen molar-refractivity contribution in [2.75, 3.05) is 32.1 Å². The molecule has 7 heteroatoms. The predicted molar refractivity (Wildman–Crippen MR) is 110 cm³/mol. The van der Waals surface area contributed by atoms with Crippen LogP contribution in [-0.2, 0) is 0 Å². The maximum Gasteiger partial charge on any atom is 0.322 e. The highest BCUT2D eigenvalue weighted by Crippen LogP contribution is 2.25. The lowest BCUT2D eigenvalue weighted by Gasteiger charge is -2.39. The van der Waals surface area contributed by atoms with Crippen LogP contribution in [0.3, 0.4) is 0 Å². The molecule has 1 aliphatic heterocycles. The van der Waals surface area contributed by atoms with Crippen molar-refractivity contribution in [1.29, 1.82) is 0 Å². The van der Waals surface area contributed by atoms with Crippen LogP contribution in [0, 0.1) is 0 Å². The van der Waals surface area contributed by atoms with E-state index < -0.39 is 0 Å². The lowest BCUT2D eigenvalue weighted by molar-refractivity contribution is 0.0565. The molecule has 0 saturated carbocycles. The summed E-state index contributed by atoms with van der Waals surface area (Å²) in [6, 6.07) is 16.2. The predicted octanol–water partition coefficient (Wildman–Crippen LogP) is 3.82. The number of urea groups is 1. The first kappa shape index (κ1) is 18.9. The molecule has 1 aliphatic rings. The van der Waals surface area contributed by atoms with E-state index in [-0.39, 0.29) is 18.0 Å². The summed E-state index contributed by atoms with van der Waals surface area (Å²) in [6.45, 7) is 3.25. The zero-order valence-electron chi connectivity index (χ0n) is 16.4. The highest BCUT2D eigenvalue weighted by Gasteiger charge is 2.31. The van der Waals surface area contributed by atoms with Gasteiger partial charge in [-0.1, -0.05) is 30.3 Å². The smallest absolute Gasteiger partial charge is 0.322 e. The van der Waals surface area contributed by atoms with Crippen LogP contribution in [-0.4, -0.2) is 54.5 Å². The van der Waals surface area contributed by atoms with Gasteiger partial charge in [0.25, 0.3) is 5.91 Å². The molecule has 0 radical (unpaired) electrons. The molecule has 2 heterocycles. The van der Waals surface area contributed by atoms with Crippen molar-refractivity contribution >= 4 is 28.6 Å². The molecule has 1 unspecified atom stereocenters. The first-order valence-corrected chi connectivity index (χ1v) is 9.55. The normalized spacial score (nSPS) is 16.7. The Balaban J connectivity index is 1.42. The summed E-state index contributed by atoms with van der Waals surface area (Å²) in [7, 11) is 1.57. The van der Waals surface area contributed by atoms with E-state index in [2.05, 4.69) is 5.32 Å². The Morgan fingerprint density at radius 3 is 2.62 bits per heavy atom. The van der Waals surface area contributed by atoms with Gasteiger partial charge in [-0.05, 0) is 31.2 Å². The first-order valence-electron chi connectivity index (χ1n) is 9.55. The van der Waals surface area contributed by atoms with E-state index in [9.17, 15) is 9.59 Å². The van der Waals surface area contributed by atoms with Crippen LogP contribution >= 0.6 is 0 Å². The molecule has 3 amide bonds. The topological polar surface area (TPSA) is 75.0 Å². The Hall–Kier alpha value is -3.48. The monoisotopic (exact) mass is 393 g/mol. The molecule has 0 bridgehead atoms. The van der Waals surface area contributed by atoms with Gasteiger partial charge in [0.2, 0.25) is 0 Å². The molecule has 0 aliphatic carbocycles. The van der Waals surface area contributed by atoms with Gasteiger partial charge in [-0.25, -0.2) is 4.79 Å². The second kappa shape index (κ2) is 7.87. The Morgan fingerprint density at radius 1 is 1.10 bits per heavy atom. The average molecular weight is 393 g/mol. The number of methoxy groups -OCH3 is 1. The molecular formula is C22H23N3O4. The zero-order chi connectivity index (χ0) is 20.4. The van der Waals surface area contributed by atoms with E-state index in [1.54, 1.807) is 35.1 Å². The number of hydrogen-bond donors (Lipinski definition) is 1. The molecule has 1 fully saturated rings. The van der Waals surface area contributed by atoms with Crippen LogP contribution in [0.1, 0.15) is 17.5 Å². The summed E-state index contributed by atoms with van der Waals surface area (Å²) in [5.74, 6) is 0.773. The number of benzene rings is 2. The quantitative estimate of drug-likeness (QED) is 0.734. The number of hydrogen-bond acceptors (Lipinski definition) is 4. The maximum atomic E-state index is 12.9. The van der Waals surface area contributed by atoms with E-state index in [4.69, 9.17) is 9.15 Å². The highest BCUT2D eigenvalue weighted by molar-refractivity contribution is 5.96. The molecule has 150 valence electrons. The molecule has 29 heavy (non-hydrogen) atoms. The number of carbonyl (C=O) groups excluding carboxylic acids is 2. The summed E-state index contributed by atoms with van der Waals surface area (Å²) in [5.41, 5.74) is 1.31. The molecule has 7 nitrogen and oxygen atoms in total. The van der Waals surface area contributed by atoms with Gasteiger partial charge in [0, 0.05) is 31.1 Å². The number of carbonyl (C=O) groups is 2. The van der Waals surface area contributed by atoms with Gasteiger partial charge < -0.3 is 24.3 Å². The van der Waals surface area contributed by atoms with E-state index in [0.29, 0.717) is 42.4 Å². The molecule has 2 aromatic carbocycles. The van der Waals surface area contributed by atoms with E-state index in [0.717, 1.165) is 5.39 Å². The Kier molecular flexibility index (Phi) is 5.12. The SMILES string of the molecule is COc1ccccc1NC(=O)N1CCN(C(=O)c2cc3ccccc3o2)CC1C. The first-order chi connectivity index (χ1) is 14.1. The molecule has 4 rings (SSSR count). The van der Waals surface area contributed by atoms with Gasteiger partial charge in [-0.2, -0.15) is 0 Å². The number of nitrogens with zero attached hydrogens (tertiary/aromatic N) is 2. The van der Waals surface area contributed by atoms with Gasteiger partial charge >= 0.3 is 6.03 Å². The fourth-order valence-electron chi connectivity index (χ4n) is 3.62. The van der Waals surface area contributed by atoms with Gasteiger partial charge in [0.15, 0.2) is 5.76 Å².